The van der Waals surface area contributed by atoms with Crippen LogP contribution < -0.4 is 11.2 Å². The van der Waals surface area contributed by atoms with Gasteiger partial charge in [-0.3, -0.25) is 14.3 Å². The van der Waals surface area contributed by atoms with E-state index in [1.54, 1.807) is 0 Å². The normalized spacial score (nSPS) is 28.9. The number of aliphatic hydroxyl groups excluding tert-OH is 2. The topological polar surface area (TPSA) is 192 Å². The van der Waals surface area contributed by atoms with Crippen LogP contribution in [0.4, 0.5) is 0 Å². The molecular weight excluding hydrogens is 327 g/mol. The van der Waals surface area contributed by atoms with E-state index >= 15 is 0 Å². The monoisotopic (exact) mass is 340 g/mol. The summed E-state index contributed by atoms with van der Waals surface area (Å²) < 4.78 is 20.3. The minimum absolute atomic E-state index is 0.479. The lowest BCUT2D eigenvalue weighted by molar-refractivity contribution is -0.0571. The van der Waals surface area contributed by atoms with Gasteiger partial charge in [0.1, 0.15) is 18.3 Å². The summed E-state index contributed by atoms with van der Waals surface area (Å²) in [6.07, 6.45) is -6.30. The molecule has 1 aromatic rings. The van der Waals surface area contributed by atoms with Gasteiger partial charge in [-0.25, -0.2) is 13.9 Å². The van der Waals surface area contributed by atoms with E-state index in [0.29, 0.717) is 10.6 Å². The van der Waals surface area contributed by atoms with Crippen LogP contribution in [0.25, 0.3) is 0 Å². The van der Waals surface area contributed by atoms with Crippen molar-refractivity contribution in [3.8, 4) is 5.88 Å². The maximum atomic E-state index is 11.6. The molecule has 124 valence electrons. The molecule has 1 aliphatic rings. The van der Waals surface area contributed by atoms with Gasteiger partial charge in [-0.1, -0.05) is 0 Å². The Kier molecular flexibility index (Phi) is 4.54. The number of phosphoric acid groups is 1. The molecule has 13 heteroatoms. The molecule has 1 fully saturated rings. The van der Waals surface area contributed by atoms with E-state index in [1.165, 1.54) is 0 Å². The molecule has 0 bridgehead atoms. The molecule has 2 rings (SSSR count). The Morgan fingerprint density at radius 3 is 2.50 bits per heavy atom. The van der Waals surface area contributed by atoms with Crippen LogP contribution in [0.5, 0.6) is 5.88 Å². The second-order valence-electron chi connectivity index (χ2n) is 4.50. The Hall–Kier alpha value is -1.53. The zero-order valence-corrected chi connectivity index (χ0v) is 11.7. The Morgan fingerprint density at radius 2 is 1.95 bits per heavy atom. The molecule has 0 unspecified atom stereocenters. The van der Waals surface area contributed by atoms with Gasteiger partial charge >= 0.3 is 13.5 Å². The van der Waals surface area contributed by atoms with Crippen molar-refractivity contribution >= 4 is 7.82 Å². The van der Waals surface area contributed by atoms with Crippen molar-refractivity contribution in [3.63, 3.8) is 0 Å². The van der Waals surface area contributed by atoms with E-state index in [0.717, 1.165) is 0 Å². The quantitative estimate of drug-likeness (QED) is 0.307. The number of nitrogens with one attached hydrogen (secondary N) is 1. The smallest absolute Gasteiger partial charge is 0.469 e. The van der Waals surface area contributed by atoms with Crippen molar-refractivity contribution in [1.82, 2.24) is 9.55 Å². The van der Waals surface area contributed by atoms with Crippen LogP contribution in [0.15, 0.2) is 15.7 Å². The van der Waals surface area contributed by atoms with E-state index in [1.807, 2.05) is 4.98 Å². The summed E-state index contributed by atoms with van der Waals surface area (Å²) in [6.45, 7) is -0.766. The van der Waals surface area contributed by atoms with Gasteiger partial charge in [0, 0.05) is 0 Å². The van der Waals surface area contributed by atoms with Gasteiger partial charge in [0.2, 0.25) is 5.88 Å². The fraction of sp³-hybridized carbons (Fsp3) is 0.556. The van der Waals surface area contributed by atoms with Gasteiger partial charge in [-0.05, 0) is 0 Å². The van der Waals surface area contributed by atoms with Crippen LogP contribution in [-0.2, 0) is 13.8 Å². The number of hydrogen-bond donors (Lipinski definition) is 6. The third kappa shape index (κ3) is 3.44. The predicted octanol–water partition coefficient (Wildman–Crippen LogP) is -3.03. The zero-order chi connectivity index (χ0) is 16.7. The maximum Gasteiger partial charge on any atom is 0.469 e. The number of hydrogen-bond acceptors (Lipinski definition) is 8. The van der Waals surface area contributed by atoms with Crippen LogP contribution in [-0.4, -0.2) is 59.6 Å². The number of nitrogens with zero attached hydrogens (tertiary/aromatic N) is 1. The van der Waals surface area contributed by atoms with Crippen molar-refractivity contribution in [2.45, 2.75) is 24.5 Å². The Morgan fingerprint density at radius 1 is 1.32 bits per heavy atom. The first kappa shape index (κ1) is 16.8. The predicted molar refractivity (Wildman–Crippen MR) is 66.9 cm³/mol. The highest BCUT2D eigenvalue weighted by Gasteiger charge is 2.45. The second kappa shape index (κ2) is 5.93. The van der Waals surface area contributed by atoms with Crippen molar-refractivity contribution in [2.24, 2.45) is 0 Å². The van der Waals surface area contributed by atoms with E-state index in [4.69, 9.17) is 14.5 Å². The number of rotatable bonds is 4. The molecule has 0 spiro atoms. The molecule has 1 aromatic heterocycles. The highest BCUT2D eigenvalue weighted by atomic mass is 31.2. The third-order valence-corrected chi connectivity index (χ3v) is 3.44. The minimum Gasteiger partial charge on any atom is -0.494 e. The van der Waals surface area contributed by atoms with Gasteiger partial charge < -0.3 is 29.8 Å². The molecule has 1 aliphatic heterocycles. The molecule has 0 radical (unpaired) electrons. The molecule has 12 nitrogen and oxygen atoms in total. The Labute approximate surface area is 121 Å². The number of H-pyrrole nitrogens is 1. The number of phosphoric ester groups is 1. The summed E-state index contributed by atoms with van der Waals surface area (Å²) in [4.78, 5) is 41.7. The zero-order valence-electron chi connectivity index (χ0n) is 10.8. The molecule has 22 heavy (non-hydrogen) atoms. The average Bonchev–Trinajstić information content (AvgIpc) is 2.63. The third-order valence-electron chi connectivity index (χ3n) is 2.95. The van der Waals surface area contributed by atoms with Crippen molar-refractivity contribution in [2.75, 3.05) is 6.61 Å². The van der Waals surface area contributed by atoms with Gasteiger partial charge in [0.25, 0.3) is 5.56 Å². The molecule has 0 aliphatic carbocycles. The van der Waals surface area contributed by atoms with Crippen molar-refractivity contribution in [1.29, 1.82) is 0 Å². The Balaban J connectivity index is 2.26. The van der Waals surface area contributed by atoms with Gasteiger partial charge in [0.05, 0.1) is 12.7 Å². The number of aliphatic hydroxyl groups is 2. The second-order valence-corrected chi connectivity index (χ2v) is 5.74. The summed E-state index contributed by atoms with van der Waals surface area (Å²) in [5.74, 6) is -0.818. The van der Waals surface area contributed by atoms with Crippen molar-refractivity contribution in [3.05, 3.63) is 26.9 Å². The van der Waals surface area contributed by atoms with E-state index < -0.39 is 56.1 Å². The van der Waals surface area contributed by atoms with Crippen LogP contribution in [0, 0.1) is 0 Å². The molecule has 2 heterocycles. The molecule has 0 saturated carbocycles. The SMILES string of the molecule is O=c1cc(O)n([C@@H]2O[C@H](COP(=O)(O)O)[C@@H](O)[C@H]2O)c(=O)[nH]1. The van der Waals surface area contributed by atoms with E-state index in [-0.39, 0.29) is 0 Å². The highest BCUT2D eigenvalue weighted by molar-refractivity contribution is 7.46. The molecule has 6 N–H and O–H groups in total. The summed E-state index contributed by atoms with van der Waals surface area (Å²) >= 11 is 0. The molecule has 1 saturated heterocycles. The molecular formula is C9H13N2O10P. The van der Waals surface area contributed by atoms with Crippen LogP contribution in [0.1, 0.15) is 6.23 Å². The number of aromatic hydroxyl groups is 1. The highest BCUT2D eigenvalue weighted by Crippen LogP contribution is 2.38. The van der Waals surface area contributed by atoms with Crippen LogP contribution in [0.3, 0.4) is 0 Å². The first-order valence-corrected chi connectivity index (χ1v) is 7.39. The van der Waals surface area contributed by atoms with Gasteiger partial charge in [-0.2, -0.15) is 0 Å². The maximum absolute atomic E-state index is 11.6. The lowest BCUT2D eigenvalue weighted by Gasteiger charge is -2.18. The van der Waals surface area contributed by atoms with E-state index in [2.05, 4.69) is 4.52 Å². The summed E-state index contributed by atoms with van der Waals surface area (Å²) in [6, 6.07) is 0.656. The number of aromatic amines is 1. The first-order chi connectivity index (χ1) is 10.1. The largest absolute Gasteiger partial charge is 0.494 e. The fourth-order valence-corrected chi connectivity index (χ4v) is 2.33. The molecule has 0 aromatic carbocycles. The fourth-order valence-electron chi connectivity index (χ4n) is 1.99. The summed E-state index contributed by atoms with van der Waals surface area (Å²) in [7, 11) is -4.82. The van der Waals surface area contributed by atoms with Gasteiger partial charge in [0.15, 0.2) is 6.23 Å². The number of aromatic nitrogens is 2. The van der Waals surface area contributed by atoms with E-state index in [9.17, 15) is 29.5 Å². The lowest BCUT2D eigenvalue weighted by Crippen LogP contribution is -2.37. The summed E-state index contributed by atoms with van der Waals surface area (Å²) in [5, 5.41) is 29.2. The van der Waals surface area contributed by atoms with Crippen LogP contribution >= 0.6 is 7.82 Å². The molecule has 4 atom stereocenters. The van der Waals surface area contributed by atoms with Crippen LogP contribution in [0.2, 0.25) is 0 Å². The lowest BCUT2D eigenvalue weighted by atomic mass is 10.1. The first-order valence-electron chi connectivity index (χ1n) is 5.86. The average molecular weight is 340 g/mol. The minimum atomic E-state index is -4.82. The molecule has 0 amide bonds. The standard InChI is InChI=1S/C9H13N2O10P/c12-4-1-5(13)11(9(16)10-4)8-7(15)6(14)3(21-8)2-20-22(17,18)19/h1,3,6-8,13-15H,2H2,(H,10,12,16)(H2,17,18,19)/t3-,6-,7-,8-/m1/s1. The van der Waals surface area contributed by atoms with Gasteiger partial charge in [-0.15, -0.1) is 0 Å². The Bertz CT molecular complexity index is 707. The number of ether oxygens (including phenoxy) is 1. The van der Waals surface area contributed by atoms with Crippen molar-refractivity contribution < 1.29 is 38.9 Å². The summed E-state index contributed by atoms with van der Waals surface area (Å²) in [5.41, 5.74) is -1.98.